The van der Waals surface area contributed by atoms with Crippen molar-refractivity contribution < 1.29 is 26.2 Å². The maximum absolute atomic E-state index is 3.66. The Balaban J connectivity index is 0.000000200. The largest absolute Gasteiger partial charge is 2.00 e. The van der Waals surface area contributed by atoms with Crippen LogP contribution in [0.2, 0.25) is 0 Å². The first-order valence-electron chi connectivity index (χ1n) is 15.0. The predicted octanol–water partition coefficient (Wildman–Crippen LogP) is 11.7. The van der Waals surface area contributed by atoms with Crippen LogP contribution in [0.1, 0.15) is 27.8 Å². The van der Waals surface area contributed by atoms with Crippen LogP contribution in [0.15, 0.2) is 182 Å². The minimum atomic E-state index is 0. The van der Waals surface area contributed by atoms with Crippen LogP contribution >= 0.6 is 0 Å². The van der Waals surface area contributed by atoms with Gasteiger partial charge >= 0.3 is 26.2 Å². The Morgan fingerprint density at radius 1 is 0.556 bits per heavy atom. The van der Waals surface area contributed by atoms with Gasteiger partial charge in [-0.25, -0.2) is 0 Å². The monoisotopic (exact) mass is 652 g/mol. The number of aryl methyl sites for hydroxylation is 1. The summed E-state index contributed by atoms with van der Waals surface area (Å²) in [5.74, 6) is 0. The molecule has 7 rings (SSSR count). The first kappa shape index (κ1) is 31.7. The Labute approximate surface area is 286 Å². The van der Waals surface area contributed by atoms with Gasteiger partial charge in [-0.05, 0) is 11.1 Å². The third-order valence-electron chi connectivity index (χ3n) is 7.55. The van der Waals surface area contributed by atoms with Gasteiger partial charge in [-0.2, -0.15) is 6.07 Å². The Morgan fingerprint density at radius 3 is 1.71 bits per heavy atom. The molecule has 7 aromatic carbocycles. The summed E-state index contributed by atoms with van der Waals surface area (Å²) in [5, 5.41) is 2.69. The Bertz CT molecular complexity index is 1880. The van der Waals surface area contributed by atoms with Crippen molar-refractivity contribution in [1.29, 1.82) is 0 Å². The molecular formula is C44H34Zr. The van der Waals surface area contributed by atoms with Crippen LogP contribution in [0.5, 0.6) is 0 Å². The molecule has 0 aliphatic rings. The molecule has 0 fully saturated rings. The van der Waals surface area contributed by atoms with E-state index < -0.39 is 0 Å². The van der Waals surface area contributed by atoms with Crippen molar-refractivity contribution >= 4 is 28.0 Å². The van der Waals surface area contributed by atoms with Crippen LogP contribution < -0.4 is 0 Å². The predicted molar refractivity (Wildman–Crippen MR) is 189 cm³/mol. The Hall–Kier alpha value is -4.71. The van der Waals surface area contributed by atoms with Crippen LogP contribution in [0.25, 0.3) is 39.1 Å². The first-order chi connectivity index (χ1) is 21.7. The molecule has 0 aliphatic heterocycles. The summed E-state index contributed by atoms with van der Waals surface area (Å²) in [6.07, 6.45) is 5.91. The summed E-state index contributed by atoms with van der Waals surface area (Å²) in [4.78, 5) is 0. The second-order valence-electron chi connectivity index (χ2n) is 10.8. The molecule has 7 aromatic rings. The van der Waals surface area contributed by atoms with Gasteiger partial charge in [0.05, 0.1) is 0 Å². The fraction of sp³-hybridized carbons (Fsp3) is 0.0227. The second kappa shape index (κ2) is 15.8. The number of benzene rings is 6. The summed E-state index contributed by atoms with van der Waals surface area (Å²) in [6, 6.07) is 63.3. The summed E-state index contributed by atoms with van der Waals surface area (Å²) in [5.41, 5.74) is 10.7. The van der Waals surface area contributed by atoms with E-state index in [0.717, 1.165) is 22.3 Å². The molecule has 0 spiro atoms. The zero-order chi connectivity index (χ0) is 30.0. The van der Waals surface area contributed by atoms with Crippen LogP contribution in [0.3, 0.4) is 0 Å². The maximum atomic E-state index is 3.66. The van der Waals surface area contributed by atoms with E-state index in [2.05, 4.69) is 171 Å². The van der Waals surface area contributed by atoms with Crippen LogP contribution in [0.4, 0.5) is 0 Å². The third kappa shape index (κ3) is 8.27. The molecule has 0 atom stereocenters. The standard InChI is InChI=1S/C28H21.C16H13.Zr/c1-5-13-23(14-6-1)21-27(25-17-9-3-10-18-25)28(26-19-11-4-12-20-26)22-24-15-7-2-8-16-24;1-12-10-14-8-5-9-15(16(14)11-12)13-6-3-2-4-7-13;/h1-21H;2-11H,1H3;/q2*-1;+2. The van der Waals surface area contributed by atoms with Crippen LogP contribution in [-0.2, 0) is 26.2 Å². The second-order valence-corrected chi connectivity index (χ2v) is 10.8. The van der Waals surface area contributed by atoms with Crippen LogP contribution in [-0.4, -0.2) is 0 Å². The quantitative estimate of drug-likeness (QED) is 0.0952. The van der Waals surface area contributed by atoms with E-state index in [1.165, 1.54) is 38.6 Å². The normalized spacial score (nSPS) is 11.3. The van der Waals surface area contributed by atoms with E-state index in [0.29, 0.717) is 0 Å². The third-order valence-corrected chi connectivity index (χ3v) is 7.55. The summed E-state index contributed by atoms with van der Waals surface area (Å²) in [6.45, 7) is 2.15. The van der Waals surface area contributed by atoms with Gasteiger partial charge in [-0.1, -0.05) is 181 Å². The number of rotatable bonds is 6. The van der Waals surface area contributed by atoms with Crippen molar-refractivity contribution in [2.24, 2.45) is 0 Å². The molecule has 0 unspecified atom stereocenters. The fourth-order valence-corrected chi connectivity index (χ4v) is 5.45. The van der Waals surface area contributed by atoms with Crippen molar-refractivity contribution in [1.82, 2.24) is 0 Å². The maximum Gasteiger partial charge on any atom is 2.00 e. The van der Waals surface area contributed by atoms with E-state index in [9.17, 15) is 0 Å². The molecule has 0 aromatic heterocycles. The molecule has 0 amide bonds. The molecule has 0 heterocycles. The van der Waals surface area contributed by atoms with Crippen molar-refractivity contribution in [2.45, 2.75) is 6.92 Å². The average molecular weight is 654 g/mol. The van der Waals surface area contributed by atoms with Gasteiger partial charge in [0.15, 0.2) is 0 Å². The van der Waals surface area contributed by atoms with Gasteiger partial charge in [0.25, 0.3) is 0 Å². The Kier molecular flexibility index (Phi) is 11.2. The smallest absolute Gasteiger partial charge is 0.165 e. The topological polar surface area (TPSA) is 0 Å². The number of allylic oxidation sites excluding steroid dienone is 2. The minimum Gasteiger partial charge on any atom is -0.165 e. The number of hydrogen-bond donors (Lipinski definition) is 0. The molecule has 45 heavy (non-hydrogen) atoms. The van der Waals surface area contributed by atoms with Gasteiger partial charge in [0.1, 0.15) is 0 Å². The molecule has 0 bridgehead atoms. The minimum absolute atomic E-state index is 0. The van der Waals surface area contributed by atoms with Gasteiger partial charge in [0, 0.05) is 0 Å². The molecule has 0 saturated carbocycles. The molecule has 0 N–H and O–H groups in total. The summed E-state index contributed by atoms with van der Waals surface area (Å²) < 4.78 is 0. The van der Waals surface area contributed by atoms with Crippen molar-refractivity contribution in [3.63, 3.8) is 0 Å². The molecule has 0 aliphatic carbocycles. The summed E-state index contributed by atoms with van der Waals surface area (Å²) in [7, 11) is 0. The van der Waals surface area contributed by atoms with Crippen LogP contribution in [0, 0.1) is 13.0 Å². The summed E-state index contributed by atoms with van der Waals surface area (Å²) >= 11 is 0. The first-order valence-corrected chi connectivity index (χ1v) is 15.0. The van der Waals surface area contributed by atoms with Crippen molar-refractivity contribution in [2.75, 3.05) is 0 Å². The number of hydrogen-bond acceptors (Lipinski definition) is 0. The average Bonchev–Trinajstić information content (AvgIpc) is 3.49. The molecule has 0 nitrogen and oxygen atoms in total. The number of fused-ring (bicyclic) bond motifs is 1. The Morgan fingerprint density at radius 2 is 1.09 bits per heavy atom. The SMILES string of the molecule is Cc1cc2c(-c3ccccc3)cccc2[cH-]1.[C-](=C(C(=Cc1ccccc1)c1ccccc1)c1ccccc1)c1ccccc1.[Zr+2]. The van der Waals surface area contributed by atoms with Gasteiger partial charge in [-0.3, -0.25) is 0 Å². The van der Waals surface area contributed by atoms with Gasteiger partial charge in [-0.15, -0.1) is 63.9 Å². The van der Waals surface area contributed by atoms with Gasteiger partial charge < -0.3 is 0 Å². The molecular weight excluding hydrogens is 620 g/mol. The molecule has 214 valence electrons. The van der Waals surface area contributed by atoms with E-state index >= 15 is 0 Å². The molecule has 0 radical (unpaired) electrons. The van der Waals surface area contributed by atoms with E-state index in [-0.39, 0.29) is 26.2 Å². The molecule has 0 saturated heterocycles. The van der Waals surface area contributed by atoms with E-state index in [4.69, 9.17) is 0 Å². The molecule has 1 heteroatoms. The van der Waals surface area contributed by atoms with E-state index in [1.54, 1.807) is 0 Å². The zero-order valence-electron chi connectivity index (χ0n) is 25.4. The van der Waals surface area contributed by atoms with Gasteiger partial charge in [0.2, 0.25) is 0 Å². The zero-order valence-corrected chi connectivity index (χ0v) is 27.9. The fourth-order valence-electron chi connectivity index (χ4n) is 5.45. The van der Waals surface area contributed by atoms with E-state index in [1.807, 2.05) is 30.3 Å². The van der Waals surface area contributed by atoms with Crippen molar-refractivity contribution in [3.05, 3.63) is 216 Å². The van der Waals surface area contributed by atoms with Crippen molar-refractivity contribution in [3.8, 4) is 11.1 Å².